The lowest BCUT2D eigenvalue weighted by molar-refractivity contribution is -0.149. The van der Waals surface area contributed by atoms with E-state index in [1.807, 2.05) is 20.8 Å². The molecule has 0 heterocycles. The van der Waals surface area contributed by atoms with Gasteiger partial charge in [0.1, 0.15) is 12.2 Å². The largest absolute Gasteiger partial charge is 0.464 e. The van der Waals surface area contributed by atoms with Gasteiger partial charge in [-0.3, -0.25) is 4.79 Å². The van der Waals surface area contributed by atoms with Crippen molar-refractivity contribution in [3.05, 3.63) is 0 Å². The third kappa shape index (κ3) is 17.3. The number of methoxy groups -OCH3 is 1. The number of amides is 1. The maximum atomic E-state index is 12.8. The molecule has 0 aromatic carbocycles. The lowest BCUT2D eigenvalue weighted by atomic mass is 9.94. The maximum absolute atomic E-state index is 12.8. The van der Waals surface area contributed by atoms with Crippen LogP contribution in [0.15, 0.2) is 0 Å². The highest BCUT2D eigenvalue weighted by atomic mass is 16.6. The Morgan fingerprint density at radius 2 is 1.28 bits per heavy atom. The van der Waals surface area contributed by atoms with Gasteiger partial charge in [-0.15, -0.1) is 0 Å². The minimum atomic E-state index is -0.570. The third-order valence-electron chi connectivity index (χ3n) is 5.47. The molecule has 1 atom stereocenters. The van der Waals surface area contributed by atoms with Gasteiger partial charge in [0.2, 0.25) is 0 Å². The molecule has 0 radical (unpaired) electrons. The van der Waals surface area contributed by atoms with E-state index in [0.29, 0.717) is 19.7 Å². The van der Waals surface area contributed by atoms with Gasteiger partial charge in [0.15, 0.2) is 0 Å². The second-order valence-electron chi connectivity index (χ2n) is 9.73. The third-order valence-corrected chi connectivity index (χ3v) is 5.47. The second-order valence-corrected chi connectivity index (χ2v) is 9.73. The first-order chi connectivity index (χ1) is 15.2. The number of hydrogen-bond acceptors (Lipinski definition) is 5. The maximum Gasteiger partial charge on any atom is 0.410 e. The van der Waals surface area contributed by atoms with Crippen LogP contribution in [0.25, 0.3) is 0 Å². The first-order valence-electron chi connectivity index (χ1n) is 12.9. The Bertz CT molecular complexity index is 475. The van der Waals surface area contributed by atoms with E-state index in [4.69, 9.17) is 14.2 Å². The van der Waals surface area contributed by atoms with Gasteiger partial charge in [0, 0.05) is 13.7 Å². The second kappa shape index (κ2) is 19.2. The molecule has 1 amide bonds. The van der Waals surface area contributed by atoms with Gasteiger partial charge in [-0.05, 0) is 33.6 Å². The SMILES string of the molecule is CCCCCCCCC(CCCCCC)C(=O)OCCN(CCOC)C(=O)OC(C)(C)C. The molecule has 32 heavy (non-hydrogen) atoms. The van der Waals surface area contributed by atoms with Crippen molar-refractivity contribution in [1.29, 1.82) is 0 Å². The molecule has 0 aliphatic rings. The first-order valence-corrected chi connectivity index (χ1v) is 12.9. The van der Waals surface area contributed by atoms with Crippen LogP contribution < -0.4 is 0 Å². The van der Waals surface area contributed by atoms with Crippen molar-refractivity contribution in [2.45, 2.75) is 117 Å². The fourth-order valence-electron chi connectivity index (χ4n) is 3.57. The molecule has 0 aromatic heterocycles. The van der Waals surface area contributed by atoms with Crippen LogP contribution in [0.2, 0.25) is 0 Å². The van der Waals surface area contributed by atoms with Crippen molar-refractivity contribution in [2.24, 2.45) is 5.92 Å². The topological polar surface area (TPSA) is 65.1 Å². The van der Waals surface area contributed by atoms with Crippen LogP contribution in [0.5, 0.6) is 0 Å². The number of unbranched alkanes of at least 4 members (excludes halogenated alkanes) is 8. The summed E-state index contributed by atoms with van der Waals surface area (Å²) < 4.78 is 16.2. The Morgan fingerprint density at radius 3 is 1.81 bits per heavy atom. The molecule has 0 bridgehead atoms. The number of ether oxygens (including phenoxy) is 3. The van der Waals surface area contributed by atoms with Crippen LogP contribution >= 0.6 is 0 Å². The van der Waals surface area contributed by atoms with Crippen LogP contribution in [0.1, 0.15) is 112 Å². The predicted molar refractivity (Wildman–Crippen MR) is 131 cm³/mol. The van der Waals surface area contributed by atoms with Gasteiger partial charge >= 0.3 is 12.1 Å². The fourth-order valence-corrected chi connectivity index (χ4v) is 3.57. The van der Waals surface area contributed by atoms with E-state index in [0.717, 1.165) is 25.7 Å². The Labute approximate surface area is 197 Å². The quantitative estimate of drug-likeness (QED) is 0.158. The number of hydrogen-bond donors (Lipinski definition) is 0. The Balaban J connectivity index is 4.62. The fraction of sp³-hybridized carbons (Fsp3) is 0.923. The molecular formula is C26H51NO5. The minimum absolute atomic E-state index is 0.0352. The summed E-state index contributed by atoms with van der Waals surface area (Å²) in [5, 5.41) is 0. The summed E-state index contributed by atoms with van der Waals surface area (Å²) >= 11 is 0. The van der Waals surface area contributed by atoms with Gasteiger partial charge in [-0.25, -0.2) is 4.79 Å². The van der Waals surface area contributed by atoms with Gasteiger partial charge in [-0.1, -0.05) is 78.1 Å². The van der Waals surface area contributed by atoms with Gasteiger partial charge in [0.05, 0.1) is 19.1 Å². The summed E-state index contributed by atoms with van der Waals surface area (Å²) in [5.41, 5.74) is -0.570. The predicted octanol–water partition coefficient (Wildman–Crippen LogP) is 6.75. The van der Waals surface area contributed by atoms with E-state index >= 15 is 0 Å². The Kier molecular flexibility index (Phi) is 18.4. The number of esters is 1. The number of carbonyl (C=O) groups excluding carboxylic acids is 2. The lowest BCUT2D eigenvalue weighted by Gasteiger charge is -2.27. The zero-order valence-electron chi connectivity index (χ0n) is 21.9. The highest BCUT2D eigenvalue weighted by Gasteiger charge is 2.23. The van der Waals surface area contributed by atoms with Crippen molar-refractivity contribution in [2.75, 3.05) is 33.4 Å². The van der Waals surface area contributed by atoms with Crippen LogP contribution in [-0.4, -0.2) is 56.0 Å². The molecule has 0 spiro atoms. The Morgan fingerprint density at radius 1 is 0.781 bits per heavy atom. The monoisotopic (exact) mass is 457 g/mol. The van der Waals surface area contributed by atoms with E-state index in [2.05, 4.69) is 13.8 Å². The van der Waals surface area contributed by atoms with Crippen molar-refractivity contribution in [3.63, 3.8) is 0 Å². The van der Waals surface area contributed by atoms with Crippen LogP contribution in [-0.2, 0) is 19.0 Å². The summed E-state index contributed by atoms with van der Waals surface area (Å²) in [6, 6.07) is 0. The molecule has 0 aliphatic heterocycles. The number of rotatable bonds is 19. The van der Waals surface area contributed by atoms with E-state index in [-0.39, 0.29) is 18.5 Å². The highest BCUT2D eigenvalue weighted by molar-refractivity contribution is 5.72. The zero-order valence-corrected chi connectivity index (χ0v) is 21.9. The lowest BCUT2D eigenvalue weighted by Crippen LogP contribution is -2.40. The van der Waals surface area contributed by atoms with Crippen LogP contribution in [0, 0.1) is 5.92 Å². The molecule has 0 N–H and O–H groups in total. The van der Waals surface area contributed by atoms with Gasteiger partial charge < -0.3 is 19.1 Å². The number of carbonyl (C=O) groups is 2. The summed E-state index contributed by atoms with van der Waals surface area (Å²) in [7, 11) is 1.60. The van der Waals surface area contributed by atoms with Crippen molar-refractivity contribution < 1.29 is 23.8 Å². The van der Waals surface area contributed by atoms with Gasteiger partial charge in [0.25, 0.3) is 0 Å². The van der Waals surface area contributed by atoms with E-state index in [1.165, 1.54) is 51.4 Å². The summed E-state index contributed by atoms with van der Waals surface area (Å²) in [6.07, 6.45) is 13.4. The summed E-state index contributed by atoms with van der Waals surface area (Å²) in [5.74, 6) is -0.155. The first kappa shape index (κ1) is 30.7. The smallest absolute Gasteiger partial charge is 0.410 e. The van der Waals surface area contributed by atoms with Crippen LogP contribution in [0.4, 0.5) is 4.79 Å². The van der Waals surface area contributed by atoms with E-state index in [1.54, 1.807) is 12.0 Å². The molecule has 1 unspecified atom stereocenters. The highest BCUT2D eigenvalue weighted by Crippen LogP contribution is 2.20. The molecule has 0 aromatic rings. The van der Waals surface area contributed by atoms with E-state index < -0.39 is 11.7 Å². The van der Waals surface area contributed by atoms with Crippen molar-refractivity contribution in [1.82, 2.24) is 4.90 Å². The minimum Gasteiger partial charge on any atom is -0.464 e. The normalized spacial score (nSPS) is 12.4. The summed E-state index contributed by atoms with van der Waals surface area (Å²) in [6.45, 7) is 11.2. The van der Waals surface area contributed by atoms with Gasteiger partial charge in [-0.2, -0.15) is 0 Å². The zero-order chi connectivity index (χ0) is 24.2. The number of nitrogens with zero attached hydrogens (tertiary/aromatic N) is 1. The Hall–Kier alpha value is -1.30. The average molecular weight is 458 g/mol. The average Bonchev–Trinajstić information content (AvgIpc) is 2.72. The molecular weight excluding hydrogens is 406 g/mol. The molecule has 0 fully saturated rings. The molecule has 0 rings (SSSR count). The van der Waals surface area contributed by atoms with Crippen LogP contribution in [0.3, 0.4) is 0 Å². The molecule has 0 saturated heterocycles. The molecule has 190 valence electrons. The molecule has 0 aliphatic carbocycles. The summed E-state index contributed by atoms with van der Waals surface area (Å²) in [4.78, 5) is 26.8. The molecule has 6 heteroatoms. The van der Waals surface area contributed by atoms with Crippen molar-refractivity contribution in [3.8, 4) is 0 Å². The molecule has 6 nitrogen and oxygen atoms in total. The van der Waals surface area contributed by atoms with Crippen molar-refractivity contribution >= 4 is 12.1 Å². The molecule has 0 saturated carbocycles. The van der Waals surface area contributed by atoms with E-state index in [9.17, 15) is 9.59 Å². The standard InChI is InChI=1S/C26H51NO5/c1-7-9-11-13-14-16-18-23(17-15-12-10-8-2)24(28)31-22-20-27(19-21-30-6)25(29)32-26(3,4)5/h23H,7-22H2,1-6H3.